The zero-order valence-electron chi connectivity index (χ0n) is 17.5. The summed E-state index contributed by atoms with van der Waals surface area (Å²) >= 11 is 0. The SMILES string of the molecule is CC(C)N1CCn2c1cc(OCc1ccc(Oc3ccc(F)c(F)c3)c(C#N)c1)nc2=O. The molecule has 1 aliphatic rings. The number of benzene rings is 2. The lowest BCUT2D eigenvalue weighted by molar-refractivity contribution is 0.291. The highest BCUT2D eigenvalue weighted by Crippen LogP contribution is 2.28. The van der Waals surface area contributed by atoms with Gasteiger partial charge in [0.2, 0.25) is 5.88 Å². The Morgan fingerprint density at radius 2 is 1.94 bits per heavy atom. The third-order valence-corrected chi connectivity index (χ3v) is 5.12. The van der Waals surface area contributed by atoms with Crippen molar-refractivity contribution in [2.45, 2.75) is 33.0 Å². The van der Waals surface area contributed by atoms with Gasteiger partial charge in [0, 0.05) is 31.3 Å². The Bertz CT molecular complexity index is 1270. The Labute approximate surface area is 183 Å². The molecule has 32 heavy (non-hydrogen) atoms. The molecule has 7 nitrogen and oxygen atoms in total. The fraction of sp³-hybridized carbons (Fsp3) is 0.261. The molecule has 0 radical (unpaired) electrons. The second kappa shape index (κ2) is 8.67. The number of hydrogen-bond acceptors (Lipinski definition) is 6. The van der Waals surface area contributed by atoms with Gasteiger partial charge in [-0.1, -0.05) is 6.07 Å². The van der Waals surface area contributed by atoms with E-state index >= 15 is 0 Å². The van der Waals surface area contributed by atoms with Gasteiger partial charge in [-0.2, -0.15) is 10.2 Å². The van der Waals surface area contributed by atoms with E-state index in [9.17, 15) is 18.8 Å². The van der Waals surface area contributed by atoms with E-state index in [0.29, 0.717) is 12.1 Å². The Balaban J connectivity index is 1.50. The summed E-state index contributed by atoms with van der Waals surface area (Å²) in [5.41, 5.74) is 0.486. The normalized spacial score (nSPS) is 12.6. The maximum absolute atomic E-state index is 13.4. The average Bonchev–Trinajstić information content (AvgIpc) is 3.20. The molecule has 0 atom stereocenters. The predicted octanol–water partition coefficient (Wildman–Crippen LogP) is 3.99. The van der Waals surface area contributed by atoms with Crippen LogP contribution in [0.15, 0.2) is 47.3 Å². The minimum atomic E-state index is -1.04. The zero-order valence-corrected chi connectivity index (χ0v) is 17.5. The summed E-state index contributed by atoms with van der Waals surface area (Å²) in [5, 5.41) is 9.46. The maximum Gasteiger partial charge on any atom is 0.352 e. The molecule has 0 saturated heterocycles. The van der Waals surface area contributed by atoms with Gasteiger partial charge in [0.05, 0.1) is 5.56 Å². The molecule has 0 bridgehead atoms. The van der Waals surface area contributed by atoms with E-state index in [1.807, 2.05) is 6.07 Å². The van der Waals surface area contributed by atoms with Crippen molar-refractivity contribution >= 4 is 5.82 Å². The molecule has 0 N–H and O–H groups in total. The maximum atomic E-state index is 13.4. The topological polar surface area (TPSA) is 80.4 Å². The van der Waals surface area contributed by atoms with Crippen LogP contribution in [0.5, 0.6) is 17.4 Å². The summed E-state index contributed by atoms with van der Waals surface area (Å²) in [6, 6.07) is 11.9. The van der Waals surface area contributed by atoms with Gasteiger partial charge in [0.1, 0.15) is 30.0 Å². The largest absolute Gasteiger partial charge is 0.473 e. The van der Waals surface area contributed by atoms with Crippen molar-refractivity contribution in [3.8, 4) is 23.4 Å². The van der Waals surface area contributed by atoms with Crippen LogP contribution < -0.4 is 20.1 Å². The van der Waals surface area contributed by atoms with Gasteiger partial charge in [0.25, 0.3) is 0 Å². The first-order valence-corrected chi connectivity index (χ1v) is 10.0. The van der Waals surface area contributed by atoms with Crippen molar-refractivity contribution in [1.29, 1.82) is 5.26 Å². The summed E-state index contributed by atoms with van der Waals surface area (Å²) in [5.74, 6) is -0.787. The van der Waals surface area contributed by atoms with Crippen molar-refractivity contribution in [3.05, 3.63) is 75.7 Å². The molecule has 2 aromatic carbocycles. The highest BCUT2D eigenvalue weighted by Gasteiger charge is 2.23. The van der Waals surface area contributed by atoms with E-state index in [-0.39, 0.29) is 41.3 Å². The van der Waals surface area contributed by atoms with Crippen molar-refractivity contribution in [1.82, 2.24) is 9.55 Å². The van der Waals surface area contributed by atoms with Gasteiger partial charge in [-0.05, 0) is 43.7 Å². The molecule has 0 spiro atoms. The van der Waals surface area contributed by atoms with Gasteiger partial charge in [-0.15, -0.1) is 0 Å². The molecular weight excluding hydrogens is 418 g/mol. The predicted molar refractivity (Wildman–Crippen MR) is 113 cm³/mol. The lowest BCUT2D eigenvalue weighted by Crippen LogP contribution is -2.29. The summed E-state index contributed by atoms with van der Waals surface area (Å²) < 4.78 is 39.4. The minimum Gasteiger partial charge on any atom is -0.473 e. The third-order valence-electron chi connectivity index (χ3n) is 5.12. The van der Waals surface area contributed by atoms with Gasteiger partial charge >= 0.3 is 5.69 Å². The van der Waals surface area contributed by atoms with Gasteiger partial charge in [-0.25, -0.2) is 13.6 Å². The van der Waals surface area contributed by atoms with Gasteiger partial charge in [-0.3, -0.25) is 4.57 Å². The molecule has 0 unspecified atom stereocenters. The number of halogens is 2. The first-order valence-electron chi connectivity index (χ1n) is 10.0. The first-order chi connectivity index (χ1) is 15.4. The van der Waals surface area contributed by atoms with Crippen LogP contribution in [-0.2, 0) is 13.2 Å². The lowest BCUT2D eigenvalue weighted by atomic mass is 10.1. The smallest absolute Gasteiger partial charge is 0.352 e. The second-order valence-electron chi connectivity index (χ2n) is 7.58. The molecule has 1 aliphatic heterocycles. The Morgan fingerprint density at radius 1 is 1.12 bits per heavy atom. The first kappa shape index (κ1) is 21.3. The van der Waals surface area contributed by atoms with Crippen molar-refractivity contribution < 1.29 is 18.3 Å². The van der Waals surface area contributed by atoms with Crippen LogP contribution in [0.2, 0.25) is 0 Å². The van der Waals surface area contributed by atoms with Crippen LogP contribution in [-0.4, -0.2) is 22.1 Å². The zero-order chi connectivity index (χ0) is 22.8. The van der Waals surface area contributed by atoms with E-state index < -0.39 is 11.6 Å². The summed E-state index contributed by atoms with van der Waals surface area (Å²) in [6.07, 6.45) is 0. The number of nitrogens with zero attached hydrogens (tertiary/aromatic N) is 4. The Morgan fingerprint density at radius 3 is 2.66 bits per heavy atom. The Hall–Kier alpha value is -3.93. The van der Waals surface area contributed by atoms with E-state index in [0.717, 1.165) is 24.5 Å². The molecule has 0 aliphatic carbocycles. The van der Waals surface area contributed by atoms with Gasteiger partial charge in [0.15, 0.2) is 11.6 Å². The molecule has 0 fully saturated rings. The van der Waals surface area contributed by atoms with E-state index in [4.69, 9.17) is 9.47 Å². The highest BCUT2D eigenvalue weighted by atomic mass is 19.2. The third kappa shape index (κ3) is 4.25. The molecule has 2 heterocycles. The van der Waals surface area contributed by atoms with Crippen LogP contribution in [0.25, 0.3) is 0 Å². The van der Waals surface area contributed by atoms with Crippen LogP contribution in [0.3, 0.4) is 0 Å². The van der Waals surface area contributed by atoms with E-state index in [2.05, 4.69) is 23.7 Å². The molecular formula is C23H20F2N4O3. The number of fused-ring (bicyclic) bond motifs is 1. The number of nitriles is 1. The molecule has 0 saturated carbocycles. The quantitative estimate of drug-likeness (QED) is 0.579. The average molecular weight is 438 g/mol. The summed E-state index contributed by atoms with van der Waals surface area (Å²) in [6.45, 7) is 5.51. The lowest BCUT2D eigenvalue weighted by Gasteiger charge is -2.22. The van der Waals surface area contributed by atoms with Crippen molar-refractivity contribution in [3.63, 3.8) is 0 Å². The number of hydrogen-bond donors (Lipinski definition) is 0. The standard InChI is InChI=1S/C23H20F2N4O3/c1-14(2)28-7-8-29-22(28)11-21(27-23(29)30)31-13-15-3-6-20(16(9-15)12-26)32-17-4-5-18(24)19(25)10-17/h3-6,9-11,14H,7-8,13H2,1-2H3. The highest BCUT2D eigenvalue weighted by molar-refractivity contribution is 5.48. The van der Waals surface area contributed by atoms with Crippen LogP contribution in [0.4, 0.5) is 14.6 Å². The molecule has 9 heteroatoms. The fourth-order valence-corrected chi connectivity index (χ4v) is 3.51. The van der Waals surface area contributed by atoms with Crippen LogP contribution in [0, 0.1) is 23.0 Å². The number of rotatable bonds is 6. The van der Waals surface area contributed by atoms with E-state index in [1.165, 1.54) is 6.07 Å². The molecule has 164 valence electrons. The van der Waals surface area contributed by atoms with Crippen molar-refractivity contribution in [2.75, 3.05) is 11.4 Å². The minimum absolute atomic E-state index is 0.0712. The molecule has 3 aromatic rings. The molecule has 4 rings (SSSR count). The number of aromatic nitrogens is 2. The molecule has 0 amide bonds. The number of anilines is 1. The Kier molecular flexibility index (Phi) is 5.77. The monoisotopic (exact) mass is 438 g/mol. The molecule has 1 aromatic heterocycles. The van der Waals surface area contributed by atoms with Crippen LogP contribution in [0.1, 0.15) is 25.0 Å². The van der Waals surface area contributed by atoms with Crippen molar-refractivity contribution in [2.24, 2.45) is 0 Å². The van der Waals surface area contributed by atoms with E-state index in [1.54, 1.807) is 28.8 Å². The summed E-state index contributed by atoms with van der Waals surface area (Å²) in [4.78, 5) is 18.4. The summed E-state index contributed by atoms with van der Waals surface area (Å²) in [7, 11) is 0. The van der Waals surface area contributed by atoms with Gasteiger partial charge < -0.3 is 14.4 Å². The second-order valence-corrected chi connectivity index (χ2v) is 7.58. The van der Waals surface area contributed by atoms with Crippen LogP contribution >= 0.6 is 0 Å². The fourth-order valence-electron chi connectivity index (χ4n) is 3.51. The number of ether oxygens (including phenoxy) is 2.